The van der Waals surface area contributed by atoms with Crippen LogP contribution in [0.1, 0.15) is 113 Å². The summed E-state index contributed by atoms with van der Waals surface area (Å²) in [5.41, 5.74) is 7.40. The highest BCUT2D eigenvalue weighted by Crippen LogP contribution is 2.77. The van der Waals surface area contributed by atoms with E-state index in [1.807, 2.05) is 0 Å². The number of hydrogen-bond donors (Lipinski definition) is 2. The van der Waals surface area contributed by atoms with Crippen molar-refractivity contribution in [2.24, 2.45) is 68.3 Å². The van der Waals surface area contributed by atoms with E-state index < -0.39 is 11.4 Å². The minimum absolute atomic E-state index is 0.214. The Hall–Kier alpha value is -0.570. The molecule has 5 aliphatic carbocycles. The third kappa shape index (κ3) is 2.81. The number of rotatable bonds is 2. The van der Waals surface area contributed by atoms with E-state index in [9.17, 15) is 9.90 Å². The molecule has 0 bridgehead atoms. The summed E-state index contributed by atoms with van der Waals surface area (Å²) < 4.78 is 0. The average Bonchev–Trinajstić information content (AvgIpc) is 3.13. The number of aliphatic carboxylic acids is 1. The summed E-state index contributed by atoms with van der Waals surface area (Å²) in [6, 6.07) is 0.322. The zero-order valence-electron chi connectivity index (χ0n) is 22.5. The Labute approximate surface area is 203 Å². The van der Waals surface area contributed by atoms with Crippen LogP contribution in [-0.2, 0) is 4.79 Å². The highest BCUT2D eigenvalue weighted by molar-refractivity contribution is 5.76. The molecule has 33 heavy (non-hydrogen) atoms. The average molecular weight is 458 g/mol. The van der Waals surface area contributed by atoms with Gasteiger partial charge >= 0.3 is 5.97 Å². The van der Waals surface area contributed by atoms with Gasteiger partial charge in [0.05, 0.1) is 5.41 Å². The lowest BCUT2D eigenvalue weighted by Gasteiger charge is -2.73. The lowest BCUT2D eigenvalue weighted by Crippen LogP contribution is -2.67. The molecule has 0 radical (unpaired) electrons. The van der Waals surface area contributed by atoms with E-state index in [2.05, 4.69) is 48.5 Å². The van der Waals surface area contributed by atoms with Gasteiger partial charge in [-0.05, 0) is 121 Å². The van der Waals surface area contributed by atoms with Crippen LogP contribution in [0.15, 0.2) is 0 Å². The lowest BCUT2D eigenvalue weighted by atomic mass is 9.32. The van der Waals surface area contributed by atoms with Crippen molar-refractivity contribution in [3.05, 3.63) is 0 Å². The maximum atomic E-state index is 12.8. The summed E-state index contributed by atoms with van der Waals surface area (Å²) in [6.45, 7) is 17.5. The molecule has 0 spiro atoms. The number of carboxylic acid groups (broad SMARTS) is 1. The molecule has 0 aliphatic heterocycles. The molecule has 0 heterocycles. The van der Waals surface area contributed by atoms with Gasteiger partial charge in [0.1, 0.15) is 0 Å². The molecule has 5 aliphatic rings. The predicted octanol–water partition coefficient (Wildman–Crippen LogP) is 7.14. The van der Waals surface area contributed by atoms with Crippen molar-refractivity contribution in [2.45, 2.75) is 119 Å². The van der Waals surface area contributed by atoms with E-state index in [-0.39, 0.29) is 10.8 Å². The number of hydrogen-bond acceptors (Lipinski definition) is 2. The third-order valence-corrected chi connectivity index (χ3v) is 13.9. The van der Waals surface area contributed by atoms with E-state index in [0.717, 1.165) is 38.0 Å². The van der Waals surface area contributed by atoms with Crippen LogP contribution in [0, 0.1) is 62.6 Å². The van der Waals surface area contributed by atoms with E-state index in [1.165, 1.54) is 32.1 Å². The smallest absolute Gasteiger partial charge is 0.309 e. The SMILES string of the molecule is CC(C)C1CCC2(C(=O)O)CC[C@]3(C)[C@H](CCC4[C@@]5(C)CC[C@H](N)C(C)(C)[C@@H]5CC[C@]43C)C12. The summed E-state index contributed by atoms with van der Waals surface area (Å²) in [5.74, 6) is 3.06. The Morgan fingerprint density at radius 2 is 1.52 bits per heavy atom. The van der Waals surface area contributed by atoms with Crippen molar-refractivity contribution in [3.8, 4) is 0 Å². The Morgan fingerprint density at radius 3 is 2.15 bits per heavy atom. The predicted molar refractivity (Wildman–Crippen MR) is 135 cm³/mol. The number of carbonyl (C=O) groups is 1. The van der Waals surface area contributed by atoms with Crippen LogP contribution in [0.2, 0.25) is 0 Å². The second-order valence-electron chi connectivity index (χ2n) is 15.1. The van der Waals surface area contributed by atoms with Gasteiger partial charge in [-0.3, -0.25) is 4.79 Å². The quantitative estimate of drug-likeness (QED) is 0.463. The molecule has 3 nitrogen and oxygen atoms in total. The van der Waals surface area contributed by atoms with Gasteiger partial charge in [-0.25, -0.2) is 0 Å². The zero-order chi connectivity index (χ0) is 24.2. The first kappa shape index (κ1) is 24.1. The Morgan fingerprint density at radius 1 is 0.818 bits per heavy atom. The van der Waals surface area contributed by atoms with Crippen LogP contribution in [-0.4, -0.2) is 17.1 Å². The van der Waals surface area contributed by atoms with Crippen molar-refractivity contribution in [3.63, 3.8) is 0 Å². The maximum absolute atomic E-state index is 12.8. The van der Waals surface area contributed by atoms with Crippen molar-refractivity contribution in [2.75, 3.05) is 0 Å². The van der Waals surface area contributed by atoms with Crippen LogP contribution < -0.4 is 5.73 Å². The Balaban J connectivity index is 1.56. The van der Waals surface area contributed by atoms with Gasteiger partial charge in [-0.1, -0.05) is 48.5 Å². The molecule has 0 aromatic heterocycles. The van der Waals surface area contributed by atoms with Crippen molar-refractivity contribution in [1.29, 1.82) is 0 Å². The minimum Gasteiger partial charge on any atom is -0.481 e. The van der Waals surface area contributed by atoms with Gasteiger partial charge in [0, 0.05) is 6.04 Å². The molecule has 0 amide bonds. The fraction of sp³-hybridized carbons (Fsp3) is 0.967. The molecule has 5 rings (SSSR count). The van der Waals surface area contributed by atoms with Gasteiger partial charge in [0.2, 0.25) is 0 Å². The molecular weight excluding hydrogens is 406 g/mol. The molecule has 3 heteroatoms. The van der Waals surface area contributed by atoms with E-state index in [1.54, 1.807) is 0 Å². The van der Waals surface area contributed by atoms with Crippen LogP contribution in [0.25, 0.3) is 0 Å². The number of fused-ring (bicyclic) bond motifs is 7. The second kappa shape index (κ2) is 7.23. The van der Waals surface area contributed by atoms with Crippen molar-refractivity contribution >= 4 is 5.97 Å². The van der Waals surface area contributed by atoms with E-state index >= 15 is 0 Å². The number of carboxylic acids is 1. The monoisotopic (exact) mass is 457 g/mol. The maximum Gasteiger partial charge on any atom is 0.309 e. The summed E-state index contributed by atoms with van der Waals surface area (Å²) in [7, 11) is 0. The molecule has 5 fully saturated rings. The van der Waals surface area contributed by atoms with E-state index in [4.69, 9.17) is 5.73 Å². The fourth-order valence-electron chi connectivity index (χ4n) is 11.8. The van der Waals surface area contributed by atoms with Crippen LogP contribution in [0.3, 0.4) is 0 Å². The molecular formula is C30H51NO2. The van der Waals surface area contributed by atoms with Gasteiger partial charge in [0.15, 0.2) is 0 Å². The third-order valence-electron chi connectivity index (χ3n) is 13.9. The first-order valence-electron chi connectivity index (χ1n) is 14.2. The number of nitrogens with two attached hydrogens (primary N) is 1. The van der Waals surface area contributed by atoms with Crippen molar-refractivity contribution < 1.29 is 9.90 Å². The van der Waals surface area contributed by atoms with Crippen molar-refractivity contribution in [1.82, 2.24) is 0 Å². The van der Waals surface area contributed by atoms with Crippen LogP contribution in [0.4, 0.5) is 0 Å². The second-order valence-corrected chi connectivity index (χ2v) is 15.1. The van der Waals surface area contributed by atoms with Crippen LogP contribution in [0.5, 0.6) is 0 Å². The minimum atomic E-state index is -0.483. The molecule has 4 unspecified atom stereocenters. The summed E-state index contributed by atoms with van der Waals surface area (Å²) in [5, 5.41) is 10.5. The summed E-state index contributed by atoms with van der Waals surface area (Å²) in [6.07, 6.45) is 11.6. The molecule has 188 valence electrons. The molecule has 0 aromatic rings. The van der Waals surface area contributed by atoms with Gasteiger partial charge in [-0.2, -0.15) is 0 Å². The highest BCUT2D eigenvalue weighted by Gasteiger charge is 2.71. The molecule has 0 aromatic carbocycles. The normalized spacial score (nSPS) is 55.3. The van der Waals surface area contributed by atoms with E-state index in [0.29, 0.717) is 46.5 Å². The molecule has 3 N–H and O–H groups in total. The lowest BCUT2D eigenvalue weighted by molar-refractivity contribution is -0.241. The summed E-state index contributed by atoms with van der Waals surface area (Å²) in [4.78, 5) is 12.8. The molecule has 0 saturated heterocycles. The first-order chi connectivity index (χ1) is 15.3. The summed E-state index contributed by atoms with van der Waals surface area (Å²) >= 11 is 0. The largest absolute Gasteiger partial charge is 0.481 e. The Kier molecular flexibility index (Phi) is 5.29. The van der Waals surface area contributed by atoms with Gasteiger partial charge in [0.25, 0.3) is 0 Å². The highest BCUT2D eigenvalue weighted by atomic mass is 16.4. The van der Waals surface area contributed by atoms with Gasteiger partial charge < -0.3 is 10.8 Å². The Bertz CT molecular complexity index is 820. The first-order valence-corrected chi connectivity index (χ1v) is 14.2. The standard InChI is InChI=1S/C30H51NO2/c1-18(2)19-10-15-30(25(32)33)17-16-28(6)20(24(19)30)8-9-22-27(5)13-12-23(31)26(3,4)21(27)11-14-29(22,28)7/h18-24H,8-17,31H2,1-7H3,(H,32,33)/t19?,20-,21+,22?,23+,24?,27+,28-,29-,30?/m1/s1. The fourth-order valence-corrected chi connectivity index (χ4v) is 11.8. The molecule has 5 saturated carbocycles. The van der Waals surface area contributed by atoms with Crippen LogP contribution >= 0.6 is 0 Å². The zero-order valence-corrected chi connectivity index (χ0v) is 22.5. The topological polar surface area (TPSA) is 63.3 Å². The molecule has 10 atom stereocenters. The van der Waals surface area contributed by atoms with Gasteiger partial charge in [-0.15, -0.1) is 0 Å².